The minimum absolute atomic E-state index is 0.128. The molecule has 9 heavy (non-hydrogen) atoms. The van der Waals surface area contributed by atoms with E-state index in [9.17, 15) is 4.79 Å². The molecule has 2 nitrogen and oxygen atoms in total. The summed E-state index contributed by atoms with van der Waals surface area (Å²) in [7, 11) is 0. The largest absolute Gasteiger partial charge is 0.273 e. The van der Waals surface area contributed by atoms with Crippen molar-refractivity contribution in [2.24, 2.45) is 5.92 Å². The smallest absolute Gasteiger partial charge is 0.244 e. The third-order valence-corrected chi connectivity index (χ3v) is 1.82. The lowest BCUT2D eigenvalue weighted by Crippen LogP contribution is -2.30. The van der Waals surface area contributed by atoms with Crippen LogP contribution >= 0.6 is 0 Å². The zero-order valence-electron chi connectivity index (χ0n) is 5.76. The number of hydrogen-bond donors (Lipinski definition) is 0. The summed E-state index contributed by atoms with van der Waals surface area (Å²) in [6.07, 6.45) is 3.12. The molecule has 1 heterocycles. The zero-order chi connectivity index (χ0) is 6.69. The van der Waals surface area contributed by atoms with E-state index in [-0.39, 0.29) is 11.8 Å². The fourth-order valence-electron chi connectivity index (χ4n) is 1.16. The molecule has 0 aliphatic carbocycles. The number of piperidine rings is 1. The van der Waals surface area contributed by atoms with Gasteiger partial charge in [0, 0.05) is 12.5 Å². The normalized spacial score (nSPS) is 27.7. The van der Waals surface area contributed by atoms with Crippen LogP contribution in [0, 0.1) is 5.92 Å². The molecule has 0 spiro atoms. The van der Waals surface area contributed by atoms with Crippen LogP contribution in [0.2, 0.25) is 0 Å². The second-order valence-electron chi connectivity index (χ2n) is 2.47. The summed E-state index contributed by atoms with van der Waals surface area (Å²) in [5, 5.41) is 3.84. The van der Waals surface area contributed by atoms with Crippen LogP contribution in [0.25, 0.3) is 0 Å². The number of carbonyl (C=O) groups excluding carboxylic acids is 1. The third kappa shape index (κ3) is 1.44. The van der Waals surface area contributed by atoms with E-state index in [1.165, 1.54) is 0 Å². The molecule has 0 bridgehead atoms. The molecule has 1 aliphatic heterocycles. The predicted octanol–water partition coefficient (Wildman–Crippen LogP) is 0.937. The molecule has 1 fully saturated rings. The van der Waals surface area contributed by atoms with Crippen molar-refractivity contribution in [3.63, 3.8) is 0 Å². The van der Waals surface area contributed by atoms with Crippen molar-refractivity contribution >= 4 is 5.91 Å². The Morgan fingerprint density at radius 1 is 1.78 bits per heavy atom. The van der Waals surface area contributed by atoms with Crippen molar-refractivity contribution < 1.29 is 4.79 Å². The second kappa shape index (κ2) is 2.85. The van der Waals surface area contributed by atoms with Gasteiger partial charge in [-0.2, -0.15) is 0 Å². The van der Waals surface area contributed by atoms with E-state index in [4.69, 9.17) is 0 Å². The lowest BCUT2D eigenvalue weighted by atomic mass is 9.96. The number of carbonyl (C=O) groups is 1. The molecule has 1 saturated heterocycles. The van der Waals surface area contributed by atoms with E-state index in [1.807, 2.05) is 6.92 Å². The Morgan fingerprint density at radius 3 is 3.00 bits per heavy atom. The summed E-state index contributed by atoms with van der Waals surface area (Å²) >= 11 is 0. The van der Waals surface area contributed by atoms with E-state index in [0.717, 1.165) is 25.8 Å². The van der Waals surface area contributed by atoms with Gasteiger partial charge < -0.3 is 0 Å². The summed E-state index contributed by atoms with van der Waals surface area (Å²) in [5.74, 6) is 0.377. The molecule has 1 atom stereocenters. The maximum Gasteiger partial charge on any atom is 0.244 e. The van der Waals surface area contributed by atoms with Crippen LogP contribution in [0.3, 0.4) is 0 Å². The quantitative estimate of drug-likeness (QED) is 0.514. The number of rotatable bonds is 1. The maximum absolute atomic E-state index is 10.9. The van der Waals surface area contributed by atoms with Gasteiger partial charge in [-0.05, 0) is 19.3 Å². The highest BCUT2D eigenvalue weighted by Gasteiger charge is 2.20. The van der Waals surface area contributed by atoms with Crippen LogP contribution in [0.4, 0.5) is 0 Å². The molecule has 1 aliphatic rings. The number of hydrogen-bond acceptors (Lipinski definition) is 1. The van der Waals surface area contributed by atoms with Gasteiger partial charge >= 0.3 is 0 Å². The van der Waals surface area contributed by atoms with Crippen LogP contribution in [-0.4, -0.2) is 12.5 Å². The number of amides is 1. The van der Waals surface area contributed by atoms with Gasteiger partial charge in [0.15, 0.2) is 0 Å². The van der Waals surface area contributed by atoms with Gasteiger partial charge in [0.25, 0.3) is 0 Å². The molecule has 1 unspecified atom stereocenters. The zero-order valence-corrected chi connectivity index (χ0v) is 5.76. The number of nitrogens with zero attached hydrogens (tertiary/aromatic N) is 1. The Bertz CT molecular complexity index is 111. The maximum atomic E-state index is 10.9. The van der Waals surface area contributed by atoms with Crippen LogP contribution in [0.5, 0.6) is 0 Å². The van der Waals surface area contributed by atoms with Gasteiger partial charge in [-0.25, -0.2) is 0 Å². The standard InChI is InChI=1S/C7H12NO/c1-2-6-4-3-5-8-7(6)9/h6H,2-5H2,1H3. The van der Waals surface area contributed by atoms with Gasteiger partial charge in [-0.3, -0.25) is 10.1 Å². The Morgan fingerprint density at radius 2 is 2.56 bits per heavy atom. The van der Waals surface area contributed by atoms with Crippen LogP contribution in [-0.2, 0) is 4.79 Å². The minimum atomic E-state index is 0.128. The SMILES string of the molecule is CCC1CCC[N]C1=O. The Balaban J connectivity index is 2.39. The molecule has 0 aromatic heterocycles. The fraction of sp³-hybridized carbons (Fsp3) is 0.857. The molecule has 0 aromatic rings. The molecule has 1 radical (unpaired) electrons. The summed E-state index contributed by atoms with van der Waals surface area (Å²) in [4.78, 5) is 10.9. The molecule has 0 saturated carbocycles. The first kappa shape index (κ1) is 6.59. The average Bonchev–Trinajstić information content (AvgIpc) is 1.89. The van der Waals surface area contributed by atoms with Crippen LogP contribution < -0.4 is 5.32 Å². The fourth-order valence-corrected chi connectivity index (χ4v) is 1.16. The summed E-state index contributed by atoms with van der Waals surface area (Å²) in [6, 6.07) is 0. The van der Waals surface area contributed by atoms with Crippen LogP contribution in [0.15, 0.2) is 0 Å². The van der Waals surface area contributed by atoms with Crippen molar-refractivity contribution in [1.82, 2.24) is 5.32 Å². The minimum Gasteiger partial charge on any atom is -0.273 e. The van der Waals surface area contributed by atoms with Gasteiger partial charge in [-0.15, -0.1) is 0 Å². The molecule has 51 valence electrons. The van der Waals surface area contributed by atoms with E-state index in [0.29, 0.717) is 0 Å². The predicted molar refractivity (Wildman–Crippen MR) is 35.0 cm³/mol. The Labute approximate surface area is 55.6 Å². The molecule has 1 rings (SSSR count). The third-order valence-electron chi connectivity index (χ3n) is 1.82. The van der Waals surface area contributed by atoms with Crippen molar-refractivity contribution in [2.75, 3.05) is 6.54 Å². The van der Waals surface area contributed by atoms with Crippen molar-refractivity contribution in [3.8, 4) is 0 Å². The Kier molecular flexibility index (Phi) is 2.09. The van der Waals surface area contributed by atoms with E-state index >= 15 is 0 Å². The van der Waals surface area contributed by atoms with Crippen molar-refractivity contribution in [2.45, 2.75) is 26.2 Å². The highest BCUT2D eigenvalue weighted by atomic mass is 16.1. The molecular formula is C7H12NO. The first-order valence-corrected chi connectivity index (χ1v) is 3.56. The topological polar surface area (TPSA) is 31.2 Å². The van der Waals surface area contributed by atoms with Crippen molar-refractivity contribution in [1.29, 1.82) is 0 Å². The monoisotopic (exact) mass is 126 g/mol. The van der Waals surface area contributed by atoms with Gasteiger partial charge in [0.2, 0.25) is 5.91 Å². The Hall–Kier alpha value is -0.530. The first-order chi connectivity index (χ1) is 4.34. The van der Waals surface area contributed by atoms with Gasteiger partial charge in [0.1, 0.15) is 0 Å². The van der Waals surface area contributed by atoms with Crippen LogP contribution in [0.1, 0.15) is 26.2 Å². The first-order valence-electron chi connectivity index (χ1n) is 3.56. The molecular weight excluding hydrogens is 114 g/mol. The summed E-state index contributed by atoms with van der Waals surface area (Å²) < 4.78 is 0. The molecule has 0 aromatic carbocycles. The molecule has 0 N–H and O–H groups in total. The molecule has 1 amide bonds. The van der Waals surface area contributed by atoms with E-state index in [1.54, 1.807) is 0 Å². The highest BCUT2D eigenvalue weighted by molar-refractivity contribution is 5.78. The average molecular weight is 126 g/mol. The lowest BCUT2D eigenvalue weighted by molar-refractivity contribution is -0.127. The van der Waals surface area contributed by atoms with E-state index < -0.39 is 0 Å². The highest BCUT2D eigenvalue weighted by Crippen LogP contribution is 2.14. The van der Waals surface area contributed by atoms with Crippen molar-refractivity contribution in [3.05, 3.63) is 0 Å². The van der Waals surface area contributed by atoms with Gasteiger partial charge in [-0.1, -0.05) is 6.92 Å². The van der Waals surface area contributed by atoms with Gasteiger partial charge in [0.05, 0.1) is 0 Å². The lowest BCUT2D eigenvalue weighted by Gasteiger charge is -2.17. The second-order valence-corrected chi connectivity index (χ2v) is 2.47. The van der Waals surface area contributed by atoms with E-state index in [2.05, 4.69) is 5.32 Å². The summed E-state index contributed by atoms with van der Waals surface area (Å²) in [5.41, 5.74) is 0. The summed E-state index contributed by atoms with van der Waals surface area (Å²) in [6.45, 7) is 2.80. The molecule has 2 heteroatoms.